The highest BCUT2D eigenvalue weighted by Gasteiger charge is 2.10. The molecule has 2 rings (SSSR count). The van der Waals surface area contributed by atoms with Crippen molar-refractivity contribution in [1.29, 1.82) is 0 Å². The Morgan fingerprint density at radius 3 is 2.50 bits per heavy atom. The number of esters is 1. The SMILES string of the molecule is Cc1ccc(NC(=O)COC(=O)COc2ccccc2C)cc1Cl. The largest absolute Gasteiger partial charge is 0.482 e. The number of halogens is 1. The molecule has 0 bridgehead atoms. The maximum atomic E-state index is 11.8. The summed E-state index contributed by atoms with van der Waals surface area (Å²) in [6.07, 6.45) is 0. The molecule has 2 aromatic carbocycles. The zero-order valence-electron chi connectivity index (χ0n) is 13.5. The van der Waals surface area contributed by atoms with Gasteiger partial charge in [0.15, 0.2) is 13.2 Å². The van der Waals surface area contributed by atoms with Crippen LogP contribution in [0.25, 0.3) is 0 Å². The predicted molar refractivity (Wildman–Crippen MR) is 92.5 cm³/mol. The van der Waals surface area contributed by atoms with Crippen LogP contribution in [0.4, 0.5) is 5.69 Å². The number of ether oxygens (including phenoxy) is 2. The minimum atomic E-state index is -0.615. The second-order valence-electron chi connectivity index (χ2n) is 5.23. The molecule has 0 radical (unpaired) electrons. The summed E-state index contributed by atoms with van der Waals surface area (Å²) in [5, 5.41) is 3.16. The number of aryl methyl sites for hydroxylation is 2. The number of carbonyl (C=O) groups excluding carboxylic acids is 2. The fourth-order valence-corrected chi connectivity index (χ4v) is 2.09. The number of para-hydroxylation sites is 1. The van der Waals surface area contributed by atoms with Crippen molar-refractivity contribution in [3.63, 3.8) is 0 Å². The number of anilines is 1. The van der Waals surface area contributed by atoms with Crippen LogP contribution in [0.1, 0.15) is 11.1 Å². The molecular formula is C18H18ClNO4. The molecule has 0 aliphatic heterocycles. The van der Waals surface area contributed by atoms with Crippen molar-refractivity contribution in [3.05, 3.63) is 58.6 Å². The van der Waals surface area contributed by atoms with Gasteiger partial charge in [0.05, 0.1) is 0 Å². The first-order valence-corrected chi connectivity index (χ1v) is 7.73. The van der Waals surface area contributed by atoms with Crippen molar-refractivity contribution in [2.75, 3.05) is 18.5 Å². The summed E-state index contributed by atoms with van der Waals surface area (Å²) >= 11 is 5.98. The summed E-state index contributed by atoms with van der Waals surface area (Å²) in [7, 11) is 0. The summed E-state index contributed by atoms with van der Waals surface area (Å²) in [6.45, 7) is 3.10. The summed E-state index contributed by atoms with van der Waals surface area (Å²) < 4.78 is 10.2. The van der Waals surface area contributed by atoms with Gasteiger partial charge in [0.2, 0.25) is 0 Å². The normalized spacial score (nSPS) is 10.1. The third-order valence-electron chi connectivity index (χ3n) is 3.26. The lowest BCUT2D eigenvalue weighted by Gasteiger charge is -2.09. The molecule has 0 unspecified atom stereocenters. The monoisotopic (exact) mass is 347 g/mol. The molecule has 126 valence electrons. The highest BCUT2D eigenvalue weighted by atomic mass is 35.5. The molecule has 24 heavy (non-hydrogen) atoms. The minimum absolute atomic E-state index is 0.255. The second kappa shape index (κ2) is 8.36. The fourth-order valence-electron chi connectivity index (χ4n) is 1.91. The summed E-state index contributed by atoms with van der Waals surface area (Å²) in [5.74, 6) is -0.456. The van der Waals surface area contributed by atoms with E-state index in [1.807, 2.05) is 32.0 Å². The van der Waals surface area contributed by atoms with Gasteiger partial charge in [-0.15, -0.1) is 0 Å². The van der Waals surface area contributed by atoms with E-state index < -0.39 is 11.9 Å². The Bertz CT molecular complexity index is 746. The molecule has 0 aromatic heterocycles. The van der Waals surface area contributed by atoms with E-state index >= 15 is 0 Å². The number of hydrogen-bond donors (Lipinski definition) is 1. The van der Waals surface area contributed by atoms with Crippen molar-refractivity contribution in [2.45, 2.75) is 13.8 Å². The molecule has 0 spiro atoms. The number of rotatable bonds is 6. The topological polar surface area (TPSA) is 64.6 Å². The maximum absolute atomic E-state index is 11.8. The summed E-state index contributed by atoms with van der Waals surface area (Å²) in [5.41, 5.74) is 2.37. The van der Waals surface area contributed by atoms with Gasteiger partial charge in [-0.05, 0) is 43.2 Å². The Kier molecular flexibility index (Phi) is 6.21. The zero-order chi connectivity index (χ0) is 17.5. The molecule has 1 amide bonds. The Labute approximate surface area is 145 Å². The molecule has 0 aliphatic carbocycles. The van der Waals surface area contributed by atoms with Crippen molar-refractivity contribution in [2.24, 2.45) is 0 Å². The first kappa shape index (κ1) is 17.8. The first-order chi connectivity index (χ1) is 11.5. The van der Waals surface area contributed by atoms with Crippen LogP contribution in [0.2, 0.25) is 5.02 Å². The van der Waals surface area contributed by atoms with Crippen LogP contribution in [0.5, 0.6) is 5.75 Å². The smallest absolute Gasteiger partial charge is 0.344 e. The molecule has 0 saturated carbocycles. The van der Waals surface area contributed by atoms with Crippen molar-refractivity contribution < 1.29 is 19.1 Å². The minimum Gasteiger partial charge on any atom is -0.482 e. The van der Waals surface area contributed by atoms with Crippen LogP contribution in [0, 0.1) is 13.8 Å². The maximum Gasteiger partial charge on any atom is 0.344 e. The molecule has 0 heterocycles. The fraction of sp³-hybridized carbons (Fsp3) is 0.222. The molecule has 0 atom stereocenters. The van der Waals surface area contributed by atoms with E-state index in [0.29, 0.717) is 16.5 Å². The van der Waals surface area contributed by atoms with Gasteiger partial charge in [0.25, 0.3) is 5.91 Å². The Morgan fingerprint density at radius 2 is 1.79 bits per heavy atom. The third-order valence-corrected chi connectivity index (χ3v) is 3.67. The predicted octanol–water partition coefficient (Wildman–Crippen LogP) is 3.52. The molecular weight excluding hydrogens is 330 g/mol. The lowest BCUT2D eigenvalue weighted by atomic mass is 10.2. The van der Waals surface area contributed by atoms with Crippen LogP contribution < -0.4 is 10.1 Å². The van der Waals surface area contributed by atoms with E-state index in [-0.39, 0.29) is 13.2 Å². The van der Waals surface area contributed by atoms with Gasteiger partial charge in [-0.2, -0.15) is 0 Å². The van der Waals surface area contributed by atoms with Gasteiger partial charge in [-0.1, -0.05) is 35.9 Å². The number of benzene rings is 2. The lowest BCUT2D eigenvalue weighted by molar-refractivity contribution is -0.149. The Balaban J connectivity index is 1.76. The molecule has 2 aromatic rings. The third kappa shape index (κ3) is 5.28. The molecule has 1 N–H and O–H groups in total. The summed E-state index contributed by atoms with van der Waals surface area (Å²) in [6, 6.07) is 12.5. The number of nitrogens with one attached hydrogen (secondary N) is 1. The number of hydrogen-bond acceptors (Lipinski definition) is 4. The Hall–Kier alpha value is -2.53. The van der Waals surface area contributed by atoms with Gasteiger partial charge in [0.1, 0.15) is 5.75 Å². The van der Waals surface area contributed by atoms with Crippen molar-refractivity contribution in [1.82, 2.24) is 0 Å². The Morgan fingerprint density at radius 1 is 1.04 bits per heavy atom. The summed E-state index contributed by atoms with van der Waals surface area (Å²) in [4.78, 5) is 23.4. The lowest BCUT2D eigenvalue weighted by Crippen LogP contribution is -2.23. The number of amides is 1. The molecule has 0 saturated heterocycles. The van der Waals surface area contributed by atoms with Crippen LogP contribution in [0.15, 0.2) is 42.5 Å². The molecule has 6 heteroatoms. The standard InChI is InChI=1S/C18H18ClNO4/c1-12-7-8-14(9-15(12)19)20-17(21)10-24-18(22)11-23-16-6-4-3-5-13(16)2/h3-9H,10-11H2,1-2H3,(H,20,21). The first-order valence-electron chi connectivity index (χ1n) is 7.36. The van der Waals surface area contributed by atoms with Crippen LogP contribution in [0.3, 0.4) is 0 Å². The van der Waals surface area contributed by atoms with Gasteiger partial charge >= 0.3 is 5.97 Å². The van der Waals surface area contributed by atoms with Gasteiger partial charge in [-0.3, -0.25) is 4.79 Å². The van der Waals surface area contributed by atoms with Gasteiger partial charge in [-0.25, -0.2) is 4.79 Å². The highest BCUT2D eigenvalue weighted by molar-refractivity contribution is 6.31. The van der Waals surface area contributed by atoms with Crippen LogP contribution >= 0.6 is 11.6 Å². The van der Waals surface area contributed by atoms with E-state index in [1.165, 1.54) is 0 Å². The van der Waals surface area contributed by atoms with Gasteiger partial charge in [0, 0.05) is 10.7 Å². The van der Waals surface area contributed by atoms with E-state index in [9.17, 15) is 9.59 Å². The quantitative estimate of drug-likeness (QED) is 0.812. The van der Waals surface area contributed by atoms with Crippen molar-refractivity contribution in [3.8, 4) is 5.75 Å². The average molecular weight is 348 g/mol. The van der Waals surface area contributed by atoms with Crippen molar-refractivity contribution >= 4 is 29.2 Å². The molecule has 0 aliphatic rings. The van der Waals surface area contributed by atoms with E-state index in [0.717, 1.165) is 11.1 Å². The second-order valence-corrected chi connectivity index (χ2v) is 5.63. The van der Waals surface area contributed by atoms with Gasteiger partial charge < -0.3 is 14.8 Å². The van der Waals surface area contributed by atoms with E-state index in [1.54, 1.807) is 24.3 Å². The van der Waals surface area contributed by atoms with Crippen LogP contribution in [-0.4, -0.2) is 25.1 Å². The highest BCUT2D eigenvalue weighted by Crippen LogP contribution is 2.20. The number of carbonyl (C=O) groups is 2. The zero-order valence-corrected chi connectivity index (χ0v) is 14.2. The molecule has 0 fully saturated rings. The van der Waals surface area contributed by atoms with E-state index in [2.05, 4.69) is 5.32 Å². The van der Waals surface area contributed by atoms with Crippen LogP contribution in [-0.2, 0) is 14.3 Å². The van der Waals surface area contributed by atoms with E-state index in [4.69, 9.17) is 21.1 Å². The average Bonchev–Trinajstić information content (AvgIpc) is 2.55. The molecule has 5 nitrogen and oxygen atoms in total.